The standard InChI is InChI=1S/C18H18ClFN2O/c1-18(2)13-7-6-11(9-21)8-16(13)22(17(18)23)10-12-14(19)4-3-5-15(12)20/h3-8H,9-10,21H2,1-2H3. The summed E-state index contributed by atoms with van der Waals surface area (Å²) in [4.78, 5) is 14.4. The van der Waals surface area contributed by atoms with Gasteiger partial charge in [-0.3, -0.25) is 4.79 Å². The predicted octanol–water partition coefficient (Wildman–Crippen LogP) is 3.76. The molecular formula is C18H18ClFN2O. The molecular weight excluding hydrogens is 315 g/mol. The molecule has 0 unspecified atom stereocenters. The van der Waals surface area contributed by atoms with Gasteiger partial charge in [0.15, 0.2) is 0 Å². The van der Waals surface area contributed by atoms with Gasteiger partial charge in [0.2, 0.25) is 5.91 Å². The number of halogens is 2. The smallest absolute Gasteiger partial charge is 0.237 e. The Morgan fingerprint density at radius 1 is 1.26 bits per heavy atom. The van der Waals surface area contributed by atoms with Crippen molar-refractivity contribution in [2.75, 3.05) is 4.90 Å². The van der Waals surface area contributed by atoms with Crippen LogP contribution in [0.1, 0.15) is 30.5 Å². The molecule has 0 aromatic heterocycles. The third kappa shape index (κ3) is 2.52. The highest BCUT2D eigenvalue weighted by atomic mass is 35.5. The lowest BCUT2D eigenvalue weighted by Crippen LogP contribution is -2.36. The van der Waals surface area contributed by atoms with Crippen LogP contribution in [-0.2, 0) is 23.3 Å². The molecule has 0 fully saturated rings. The molecule has 2 aromatic rings. The van der Waals surface area contributed by atoms with E-state index in [0.29, 0.717) is 17.1 Å². The number of hydrogen-bond donors (Lipinski definition) is 1. The Morgan fingerprint density at radius 2 is 2.00 bits per heavy atom. The fraction of sp³-hybridized carbons (Fsp3) is 0.278. The average Bonchev–Trinajstić information content (AvgIpc) is 2.71. The summed E-state index contributed by atoms with van der Waals surface area (Å²) in [5, 5.41) is 0.319. The van der Waals surface area contributed by atoms with Gasteiger partial charge in [-0.05, 0) is 43.2 Å². The van der Waals surface area contributed by atoms with Crippen LogP contribution in [0.3, 0.4) is 0 Å². The van der Waals surface area contributed by atoms with E-state index in [1.807, 2.05) is 32.0 Å². The molecule has 120 valence electrons. The van der Waals surface area contributed by atoms with Gasteiger partial charge >= 0.3 is 0 Å². The molecule has 1 heterocycles. The van der Waals surface area contributed by atoms with Crippen molar-refractivity contribution in [2.45, 2.75) is 32.4 Å². The molecule has 1 aliphatic heterocycles. The number of benzene rings is 2. The molecule has 0 saturated heterocycles. The van der Waals surface area contributed by atoms with Gasteiger partial charge in [-0.15, -0.1) is 0 Å². The van der Waals surface area contributed by atoms with Crippen molar-refractivity contribution in [1.82, 2.24) is 0 Å². The second-order valence-corrected chi connectivity index (χ2v) is 6.68. The molecule has 0 bridgehead atoms. The zero-order chi connectivity index (χ0) is 16.8. The van der Waals surface area contributed by atoms with E-state index in [4.69, 9.17) is 17.3 Å². The third-order valence-electron chi connectivity index (χ3n) is 4.42. The normalized spacial score (nSPS) is 15.9. The minimum absolute atomic E-state index is 0.0685. The highest BCUT2D eigenvalue weighted by Crippen LogP contribution is 2.43. The number of hydrogen-bond acceptors (Lipinski definition) is 2. The third-order valence-corrected chi connectivity index (χ3v) is 4.77. The summed E-state index contributed by atoms with van der Waals surface area (Å²) in [6.07, 6.45) is 0. The Morgan fingerprint density at radius 3 is 2.65 bits per heavy atom. The van der Waals surface area contributed by atoms with Crippen LogP contribution in [-0.4, -0.2) is 5.91 Å². The van der Waals surface area contributed by atoms with E-state index in [2.05, 4.69) is 0 Å². The van der Waals surface area contributed by atoms with Crippen molar-refractivity contribution in [3.05, 3.63) is 63.9 Å². The topological polar surface area (TPSA) is 46.3 Å². The summed E-state index contributed by atoms with van der Waals surface area (Å²) < 4.78 is 14.1. The maximum absolute atomic E-state index is 14.1. The molecule has 3 rings (SSSR count). The van der Waals surface area contributed by atoms with Gasteiger partial charge in [0.25, 0.3) is 0 Å². The zero-order valence-electron chi connectivity index (χ0n) is 13.1. The van der Waals surface area contributed by atoms with Crippen LogP contribution in [0.2, 0.25) is 5.02 Å². The maximum atomic E-state index is 14.1. The molecule has 0 saturated carbocycles. The van der Waals surface area contributed by atoms with Gasteiger partial charge in [-0.2, -0.15) is 0 Å². The van der Waals surface area contributed by atoms with Gasteiger partial charge in [0.1, 0.15) is 5.82 Å². The van der Waals surface area contributed by atoms with E-state index in [1.165, 1.54) is 6.07 Å². The number of nitrogens with zero attached hydrogens (tertiary/aromatic N) is 1. The molecule has 3 nitrogen and oxygen atoms in total. The van der Waals surface area contributed by atoms with Crippen LogP contribution in [0.5, 0.6) is 0 Å². The summed E-state index contributed by atoms with van der Waals surface area (Å²) >= 11 is 6.11. The summed E-state index contributed by atoms with van der Waals surface area (Å²) in [6.45, 7) is 4.24. The first-order valence-electron chi connectivity index (χ1n) is 7.44. The minimum atomic E-state index is -0.653. The van der Waals surface area contributed by atoms with Gasteiger partial charge < -0.3 is 10.6 Å². The predicted molar refractivity (Wildman–Crippen MR) is 90.0 cm³/mol. The number of carbonyl (C=O) groups is 1. The van der Waals surface area contributed by atoms with E-state index in [1.54, 1.807) is 17.0 Å². The number of nitrogens with two attached hydrogens (primary N) is 1. The lowest BCUT2D eigenvalue weighted by Gasteiger charge is -2.21. The number of amides is 1. The molecule has 1 aliphatic rings. The zero-order valence-corrected chi connectivity index (χ0v) is 13.8. The van der Waals surface area contributed by atoms with E-state index in [9.17, 15) is 9.18 Å². The van der Waals surface area contributed by atoms with Crippen molar-refractivity contribution in [3.8, 4) is 0 Å². The molecule has 0 atom stereocenters. The van der Waals surface area contributed by atoms with Crippen molar-refractivity contribution in [2.24, 2.45) is 5.73 Å². The molecule has 0 spiro atoms. The van der Waals surface area contributed by atoms with Crippen molar-refractivity contribution >= 4 is 23.2 Å². The summed E-state index contributed by atoms with van der Waals surface area (Å²) in [7, 11) is 0. The number of rotatable bonds is 3. The molecule has 2 N–H and O–H groups in total. The quantitative estimate of drug-likeness (QED) is 0.930. The first-order valence-corrected chi connectivity index (χ1v) is 7.82. The maximum Gasteiger partial charge on any atom is 0.237 e. The molecule has 23 heavy (non-hydrogen) atoms. The first kappa shape index (κ1) is 16.0. The lowest BCUT2D eigenvalue weighted by molar-refractivity contribution is -0.122. The second kappa shape index (κ2) is 5.62. The van der Waals surface area contributed by atoms with E-state index in [0.717, 1.165) is 16.8 Å². The van der Waals surface area contributed by atoms with Crippen LogP contribution < -0.4 is 10.6 Å². The largest absolute Gasteiger partial charge is 0.326 e. The highest BCUT2D eigenvalue weighted by molar-refractivity contribution is 6.31. The summed E-state index contributed by atoms with van der Waals surface area (Å²) in [5.74, 6) is -0.479. The second-order valence-electron chi connectivity index (χ2n) is 6.27. The fourth-order valence-corrected chi connectivity index (χ4v) is 3.24. The molecule has 5 heteroatoms. The summed E-state index contributed by atoms with van der Waals surface area (Å²) in [5.41, 5.74) is 8.01. The van der Waals surface area contributed by atoms with E-state index in [-0.39, 0.29) is 12.5 Å². The summed E-state index contributed by atoms with van der Waals surface area (Å²) in [6, 6.07) is 10.3. The van der Waals surface area contributed by atoms with Gasteiger partial charge in [0, 0.05) is 22.8 Å². The first-order chi connectivity index (χ1) is 10.9. The minimum Gasteiger partial charge on any atom is -0.326 e. The monoisotopic (exact) mass is 332 g/mol. The van der Waals surface area contributed by atoms with Crippen LogP contribution in [0.15, 0.2) is 36.4 Å². The van der Waals surface area contributed by atoms with E-state index < -0.39 is 11.2 Å². The Hall–Kier alpha value is -1.91. The number of fused-ring (bicyclic) bond motifs is 1. The van der Waals surface area contributed by atoms with Crippen LogP contribution in [0.25, 0.3) is 0 Å². The van der Waals surface area contributed by atoms with Crippen molar-refractivity contribution in [1.29, 1.82) is 0 Å². The SMILES string of the molecule is CC1(C)C(=O)N(Cc2c(F)cccc2Cl)c2cc(CN)ccc21. The average molecular weight is 333 g/mol. The molecule has 0 radical (unpaired) electrons. The van der Waals surface area contributed by atoms with E-state index >= 15 is 0 Å². The van der Waals surface area contributed by atoms with Crippen LogP contribution in [0.4, 0.5) is 10.1 Å². The Kier molecular flexibility index (Phi) is 3.90. The lowest BCUT2D eigenvalue weighted by atomic mass is 9.86. The van der Waals surface area contributed by atoms with Crippen LogP contribution >= 0.6 is 11.6 Å². The Balaban J connectivity index is 2.09. The fourth-order valence-electron chi connectivity index (χ4n) is 3.02. The molecule has 0 aliphatic carbocycles. The number of carbonyl (C=O) groups excluding carboxylic acids is 1. The molecule has 2 aromatic carbocycles. The van der Waals surface area contributed by atoms with Crippen molar-refractivity contribution < 1.29 is 9.18 Å². The van der Waals surface area contributed by atoms with Gasteiger partial charge in [0.05, 0.1) is 12.0 Å². The Bertz CT molecular complexity index is 768. The van der Waals surface area contributed by atoms with Crippen LogP contribution in [0, 0.1) is 5.82 Å². The van der Waals surface area contributed by atoms with Crippen molar-refractivity contribution in [3.63, 3.8) is 0 Å². The Labute approximate surface area is 139 Å². The van der Waals surface area contributed by atoms with Gasteiger partial charge in [-0.1, -0.05) is 29.8 Å². The van der Waals surface area contributed by atoms with Gasteiger partial charge in [-0.25, -0.2) is 4.39 Å². The molecule has 1 amide bonds. The highest BCUT2D eigenvalue weighted by Gasteiger charge is 2.44. The number of anilines is 1.